The Bertz CT molecular complexity index is 324. The first kappa shape index (κ1) is 11.7. The van der Waals surface area contributed by atoms with Gasteiger partial charge in [0.2, 0.25) is 0 Å². The van der Waals surface area contributed by atoms with E-state index in [2.05, 4.69) is 48.5 Å². The van der Waals surface area contributed by atoms with Gasteiger partial charge in [-0.3, -0.25) is 0 Å². The van der Waals surface area contributed by atoms with E-state index in [1.54, 1.807) is 0 Å². The molecule has 0 saturated carbocycles. The van der Waals surface area contributed by atoms with E-state index in [-0.39, 0.29) is 0 Å². The molecule has 3 heteroatoms. The maximum atomic E-state index is 7.26. The van der Waals surface area contributed by atoms with E-state index in [1.807, 2.05) is 12.1 Å². The third kappa shape index (κ3) is 4.08. The Morgan fingerprint density at radius 3 is 1.13 bits per heavy atom. The van der Waals surface area contributed by atoms with E-state index < -0.39 is 10.0 Å². The molecule has 15 heavy (non-hydrogen) atoms. The molecular formula is C12H14O2Si. The monoisotopic (exact) mass is 218 g/mol. The van der Waals surface area contributed by atoms with Crippen molar-refractivity contribution in [1.29, 1.82) is 0 Å². The maximum absolute atomic E-state index is 7.26. The van der Waals surface area contributed by atoms with Gasteiger partial charge in [-0.15, -0.1) is 0 Å². The lowest BCUT2D eigenvalue weighted by Gasteiger charge is -1.98. The summed E-state index contributed by atoms with van der Waals surface area (Å²) in [5.41, 5.74) is 2.55. The molecule has 2 aromatic rings. The van der Waals surface area contributed by atoms with E-state index in [0.29, 0.717) is 0 Å². The summed E-state index contributed by atoms with van der Waals surface area (Å²) in [5.74, 6) is 0. The van der Waals surface area contributed by atoms with Gasteiger partial charge in [0.15, 0.2) is 0 Å². The Labute approximate surface area is 91.9 Å². The molecule has 0 unspecified atom stereocenters. The summed E-state index contributed by atoms with van der Waals surface area (Å²) in [6.45, 7) is 0. The van der Waals surface area contributed by atoms with Crippen LogP contribution in [-0.2, 0) is 0 Å². The number of benzene rings is 2. The molecule has 0 radical (unpaired) electrons. The zero-order valence-corrected chi connectivity index (χ0v) is 9.79. The van der Waals surface area contributed by atoms with E-state index in [4.69, 9.17) is 9.59 Å². The van der Waals surface area contributed by atoms with E-state index in [0.717, 1.165) is 0 Å². The minimum Gasteiger partial charge on any atom is -0.415 e. The van der Waals surface area contributed by atoms with Crippen LogP contribution in [0, 0.1) is 0 Å². The maximum Gasteiger partial charge on any atom is 0.299 e. The molecule has 0 aromatic heterocycles. The van der Waals surface area contributed by atoms with Crippen LogP contribution in [0.1, 0.15) is 0 Å². The fraction of sp³-hybridized carbons (Fsp3) is 0. The standard InChI is InChI=1S/C12H10.H4O2Si/c1-3-7-11(8-4-1)12-9-5-2-6-10-12;1-3-2/h1-10H;1-2H,3H2. The number of hydrogen-bond donors (Lipinski definition) is 2. The molecule has 0 saturated heterocycles. The second-order valence-corrected chi connectivity index (χ2v) is 3.16. The van der Waals surface area contributed by atoms with Crippen LogP contribution in [0.15, 0.2) is 60.7 Å². The predicted octanol–water partition coefficient (Wildman–Crippen LogP) is 1.32. The van der Waals surface area contributed by atoms with Crippen LogP contribution in [0.2, 0.25) is 0 Å². The number of hydrogen-bond acceptors (Lipinski definition) is 2. The second kappa shape index (κ2) is 6.95. The molecule has 0 atom stereocenters. The Hall–Kier alpha value is -1.42. The molecule has 0 bridgehead atoms. The fourth-order valence-corrected chi connectivity index (χ4v) is 1.26. The van der Waals surface area contributed by atoms with Crippen molar-refractivity contribution in [2.75, 3.05) is 0 Å². The van der Waals surface area contributed by atoms with E-state index >= 15 is 0 Å². The highest BCUT2D eigenvalue weighted by Gasteiger charge is 1.91. The third-order valence-electron chi connectivity index (χ3n) is 1.88. The largest absolute Gasteiger partial charge is 0.415 e. The molecule has 2 N–H and O–H groups in total. The van der Waals surface area contributed by atoms with Crippen LogP contribution in [0.3, 0.4) is 0 Å². The average Bonchev–Trinajstić information content (AvgIpc) is 2.32. The summed E-state index contributed by atoms with van der Waals surface area (Å²) < 4.78 is 0. The Morgan fingerprint density at radius 1 is 0.600 bits per heavy atom. The van der Waals surface area contributed by atoms with Crippen molar-refractivity contribution in [3.8, 4) is 11.1 Å². The van der Waals surface area contributed by atoms with E-state index in [9.17, 15) is 0 Å². The van der Waals surface area contributed by atoms with Crippen LogP contribution in [0.4, 0.5) is 0 Å². The first-order valence-electron chi connectivity index (χ1n) is 4.70. The fourth-order valence-electron chi connectivity index (χ4n) is 1.26. The molecule has 0 aliphatic rings. The summed E-state index contributed by atoms with van der Waals surface area (Å²) in [4.78, 5) is 14.5. The normalized spacial score (nSPS) is 8.93. The van der Waals surface area contributed by atoms with Gasteiger partial charge in [-0.25, -0.2) is 0 Å². The molecule has 0 amide bonds. The van der Waals surface area contributed by atoms with Crippen molar-refractivity contribution < 1.29 is 9.59 Å². The summed E-state index contributed by atoms with van der Waals surface area (Å²) in [6, 6.07) is 20.8. The summed E-state index contributed by atoms with van der Waals surface area (Å²) in [5, 5.41) is 0. The van der Waals surface area contributed by atoms with Crippen LogP contribution < -0.4 is 0 Å². The lowest BCUT2D eigenvalue weighted by atomic mass is 10.1. The van der Waals surface area contributed by atoms with Gasteiger partial charge < -0.3 is 9.59 Å². The molecule has 2 aromatic carbocycles. The first-order chi connectivity index (χ1) is 7.38. The lowest BCUT2D eigenvalue weighted by Crippen LogP contribution is -1.75. The summed E-state index contributed by atoms with van der Waals surface area (Å²) in [6.07, 6.45) is 0. The van der Waals surface area contributed by atoms with E-state index in [1.165, 1.54) is 11.1 Å². The highest BCUT2D eigenvalue weighted by molar-refractivity contribution is 6.13. The smallest absolute Gasteiger partial charge is 0.299 e. The minimum absolute atomic E-state index is 1.28. The van der Waals surface area contributed by atoms with Gasteiger partial charge in [0, 0.05) is 0 Å². The molecule has 78 valence electrons. The molecule has 2 rings (SSSR count). The molecule has 2 nitrogen and oxygen atoms in total. The van der Waals surface area contributed by atoms with Crippen LogP contribution in [0.5, 0.6) is 0 Å². The van der Waals surface area contributed by atoms with Gasteiger partial charge in [0.1, 0.15) is 0 Å². The van der Waals surface area contributed by atoms with Gasteiger partial charge in [0.25, 0.3) is 10.0 Å². The third-order valence-corrected chi connectivity index (χ3v) is 1.88. The Morgan fingerprint density at radius 2 is 0.867 bits per heavy atom. The molecule has 0 heterocycles. The van der Waals surface area contributed by atoms with Crippen molar-refractivity contribution in [2.24, 2.45) is 0 Å². The topological polar surface area (TPSA) is 40.5 Å². The van der Waals surface area contributed by atoms with Crippen LogP contribution in [-0.4, -0.2) is 19.6 Å². The molecular weight excluding hydrogens is 204 g/mol. The molecule has 0 aliphatic carbocycles. The summed E-state index contributed by atoms with van der Waals surface area (Å²) in [7, 11) is -1.58. The Balaban J connectivity index is 0.000000337. The molecule has 0 fully saturated rings. The van der Waals surface area contributed by atoms with Gasteiger partial charge in [-0.1, -0.05) is 60.7 Å². The minimum atomic E-state index is -1.58. The van der Waals surface area contributed by atoms with Crippen molar-refractivity contribution in [3.05, 3.63) is 60.7 Å². The lowest BCUT2D eigenvalue weighted by molar-refractivity contribution is 0.448. The summed E-state index contributed by atoms with van der Waals surface area (Å²) >= 11 is 0. The SMILES string of the molecule is O[SiH2]O.c1ccc(-c2ccccc2)cc1. The number of rotatable bonds is 1. The molecule has 0 aliphatic heterocycles. The molecule has 0 spiro atoms. The predicted molar refractivity (Wildman–Crippen MR) is 64.9 cm³/mol. The van der Waals surface area contributed by atoms with Gasteiger partial charge in [-0.05, 0) is 11.1 Å². The van der Waals surface area contributed by atoms with Crippen molar-refractivity contribution in [3.63, 3.8) is 0 Å². The van der Waals surface area contributed by atoms with Gasteiger partial charge >= 0.3 is 0 Å². The van der Waals surface area contributed by atoms with Crippen LogP contribution >= 0.6 is 0 Å². The average molecular weight is 218 g/mol. The van der Waals surface area contributed by atoms with Gasteiger partial charge in [0.05, 0.1) is 0 Å². The Kier molecular flexibility index (Phi) is 5.40. The van der Waals surface area contributed by atoms with Crippen molar-refractivity contribution >= 4 is 10.0 Å². The second-order valence-electron chi connectivity index (χ2n) is 2.87. The zero-order chi connectivity index (χ0) is 10.9. The zero-order valence-electron chi connectivity index (χ0n) is 8.38. The quantitative estimate of drug-likeness (QED) is 0.709. The van der Waals surface area contributed by atoms with Crippen LogP contribution in [0.25, 0.3) is 11.1 Å². The highest BCUT2D eigenvalue weighted by Crippen LogP contribution is 2.17. The van der Waals surface area contributed by atoms with Gasteiger partial charge in [-0.2, -0.15) is 0 Å². The van der Waals surface area contributed by atoms with Crippen molar-refractivity contribution in [2.45, 2.75) is 0 Å². The van der Waals surface area contributed by atoms with Crippen molar-refractivity contribution in [1.82, 2.24) is 0 Å². The highest BCUT2D eigenvalue weighted by atomic mass is 28.2. The first-order valence-corrected chi connectivity index (χ1v) is 5.97.